The topological polar surface area (TPSA) is 0 Å². The van der Waals surface area contributed by atoms with Gasteiger partial charge in [-0.05, 0) is 25.2 Å². The molecule has 0 aliphatic carbocycles. The van der Waals surface area contributed by atoms with E-state index in [9.17, 15) is 0 Å². The van der Waals surface area contributed by atoms with Crippen LogP contribution < -0.4 is 0 Å². The molecular weight excluding hydrogens is 120 g/mol. The third kappa shape index (κ3) is 3.71. The highest BCUT2D eigenvalue weighted by atomic mass is 14.1. The number of allylic oxidation sites excluding steroid dienone is 2. The van der Waals surface area contributed by atoms with Gasteiger partial charge in [-0.1, -0.05) is 39.3 Å². The smallest absolute Gasteiger partial charge is 0.0322 e. The zero-order chi connectivity index (χ0) is 7.98. The zero-order valence-electron chi connectivity index (χ0n) is 7.43. The molecule has 0 rings (SSSR count). The minimum atomic E-state index is 0.760. The van der Waals surface area contributed by atoms with Gasteiger partial charge < -0.3 is 0 Å². The lowest BCUT2D eigenvalue weighted by atomic mass is 9.91. The van der Waals surface area contributed by atoms with Crippen LogP contribution in [0.25, 0.3) is 0 Å². The van der Waals surface area contributed by atoms with Crippen molar-refractivity contribution in [3.63, 3.8) is 0 Å². The van der Waals surface area contributed by atoms with Crippen LogP contribution in [0.1, 0.15) is 33.6 Å². The van der Waals surface area contributed by atoms with Crippen molar-refractivity contribution in [2.75, 3.05) is 0 Å². The van der Waals surface area contributed by atoms with Gasteiger partial charge in [-0.25, -0.2) is 0 Å². The number of hydrogen-bond acceptors (Lipinski definition) is 0. The molecule has 0 heterocycles. The van der Waals surface area contributed by atoms with Gasteiger partial charge in [0, 0.05) is 0 Å². The third-order valence-corrected chi connectivity index (χ3v) is 2.17. The summed E-state index contributed by atoms with van der Waals surface area (Å²) in [5.74, 6) is 1.55. The summed E-state index contributed by atoms with van der Waals surface area (Å²) in [6, 6.07) is 0. The van der Waals surface area contributed by atoms with E-state index in [1.807, 2.05) is 0 Å². The van der Waals surface area contributed by atoms with Crippen molar-refractivity contribution in [2.45, 2.75) is 33.6 Å². The van der Waals surface area contributed by atoms with Gasteiger partial charge in [0.05, 0.1) is 0 Å². The maximum atomic E-state index is 3.89. The van der Waals surface area contributed by atoms with Crippen molar-refractivity contribution < 1.29 is 0 Å². The van der Waals surface area contributed by atoms with E-state index in [1.54, 1.807) is 0 Å². The first-order valence-electron chi connectivity index (χ1n) is 4.12. The molecule has 59 valence electrons. The van der Waals surface area contributed by atoms with Crippen LogP contribution in [0.3, 0.4) is 0 Å². The molecule has 0 fully saturated rings. The average Bonchev–Trinajstić information content (AvgIpc) is 1.98. The minimum Gasteiger partial charge on any atom is -0.0917 e. The van der Waals surface area contributed by atoms with Gasteiger partial charge in [0.15, 0.2) is 0 Å². The van der Waals surface area contributed by atoms with Crippen LogP contribution in [0.15, 0.2) is 12.2 Å². The van der Waals surface area contributed by atoms with Crippen molar-refractivity contribution in [2.24, 2.45) is 11.8 Å². The molecule has 0 bridgehead atoms. The summed E-state index contributed by atoms with van der Waals surface area (Å²) in [6.07, 6.45) is 6.61. The Morgan fingerprint density at radius 3 is 2.30 bits per heavy atom. The van der Waals surface area contributed by atoms with Gasteiger partial charge in [0.25, 0.3) is 0 Å². The summed E-state index contributed by atoms with van der Waals surface area (Å²) < 4.78 is 0. The van der Waals surface area contributed by atoms with Crippen LogP contribution in [-0.4, -0.2) is 0 Å². The van der Waals surface area contributed by atoms with Crippen molar-refractivity contribution in [1.82, 2.24) is 0 Å². The molecular formula is C10H19. The van der Waals surface area contributed by atoms with Gasteiger partial charge in [-0.2, -0.15) is 0 Å². The summed E-state index contributed by atoms with van der Waals surface area (Å²) in [5, 5.41) is 0. The van der Waals surface area contributed by atoms with Crippen molar-refractivity contribution in [1.29, 1.82) is 0 Å². The molecule has 0 N–H and O–H groups in total. The fourth-order valence-corrected chi connectivity index (χ4v) is 0.868. The van der Waals surface area contributed by atoms with Gasteiger partial charge in [-0.15, -0.1) is 0 Å². The Morgan fingerprint density at radius 1 is 1.30 bits per heavy atom. The number of hydrogen-bond donors (Lipinski definition) is 0. The molecule has 2 unspecified atom stereocenters. The van der Waals surface area contributed by atoms with Crippen LogP contribution >= 0.6 is 0 Å². The molecule has 0 aromatic heterocycles. The highest BCUT2D eigenvalue weighted by Gasteiger charge is 2.06. The Hall–Kier alpha value is -0.260. The minimum absolute atomic E-state index is 0.760. The SMILES string of the molecule is [CH2]CC(C)C(C)CC=CC. The molecule has 10 heavy (non-hydrogen) atoms. The van der Waals surface area contributed by atoms with Crippen molar-refractivity contribution in [3.8, 4) is 0 Å². The Kier molecular flexibility index (Phi) is 5.38. The monoisotopic (exact) mass is 139 g/mol. The molecule has 0 heteroatoms. The fraction of sp³-hybridized carbons (Fsp3) is 0.700. The maximum absolute atomic E-state index is 3.89. The summed E-state index contributed by atoms with van der Waals surface area (Å²) in [6.45, 7) is 10.5. The van der Waals surface area contributed by atoms with E-state index in [0.717, 1.165) is 18.3 Å². The number of rotatable bonds is 4. The lowest BCUT2D eigenvalue weighted by molar-refractivity contribution is 0.394. The van der Waals surface area contributed by atoms with Crippen LogP contribution in [0.5, 0.6) is 0 Å². The maximum Gasteiger partial charge on any atom is -0.0322 e. The lowest BCUT2D eigenvalue weighted by Crippen LogP contribution is -2.05. The highest BCUT2D eigenvalue weighted by molar-refractivity contribution is 4.80. The third-order valence-electron chi connectivity index (χ3n) is 2.17. The van der Waals surface area contributed by atoms with Crippen molar-refractivity contribution in [3.05, 3.63) is 19.1 Å². The first kappa shape index (κ1) is 9.74. The van der Waals surface area contributed by atoms with E-state index < -0.39 is 0 Å². The molecule has 0 spiro atoms. The summed E-state index contributed by atoms with van der Waals surface area (Å²) in [5.41, 5.74) is 0. The summed E-state index contributed by atoms with van der Waals surface area (Å²) >= 11 is 0. The molecule has 0 saturated heterocycles. The molecule has 0 aliphatic heterocycles. The molecule has 0 saturated carbocycles. The Morgan fingerprint density at radius 2 is 1.90 bits per heavy atom. The highest BCUT2D eigenvalue weighted by Crippen LogP contribution is 2.17. The van der Waals surface area contributed by atoms with Crippen LogP contribution in [0, 0.1) is 18.8 Å². The molecule has 1 radical (unpaired) electrons. The van der Waals surface area contributed by atoms with Crippen LogP contribution in [0.2, 0.25) is 0 Å². The lowest BCUT2D eigenvalue weighted by Gasteiger charge is -2.15. The molecule has 0 aromatic rings. The second-order valence-corrected chi connectivity index (χ2v) is 3.05. The first-order valence-corrected chi connectivity index (χ1v) is 4.12. The molecule has 0 aromatic carbocycles. The molecule has 0 amide bonds. The first-order chi connectivity index (χ1) is 4.72. The molecule has 2 atom stereocenters. The van der Waals surface area contributed by atoms with E-state index in [0.29, 0.717) is 0 Å². The Bertz CT molecular complexity index is 92.2. The summed E-state index contributed by atoms with van der Waals surface area (Å²) in [7, 11) is 0. The quantitative estimate of drug-likeness (QED) is 0.523. The zero-order valence-corrected chi connectivity index (χ0v) is 7.43. The molecule has 0 aliphatic rings. The van der Waals surface area contributed by atoms with Crippen LogP contribution in [0.4, 0.5) is 0 Å². The summed E-state index contributed by atoms with van der Waals surface area (Å²) in [4.78, 5) is 0. The van der Waals surface area contributed by atoms with Crippen LogP contribution in [-0.2, 0) is 0 Å². The average molecular weight is 139 g/mol. The van der Waals surface area contributed by atoms with Gasteiger partial charge in [0.1, 0.15) is 0 Å². The second-order valence-electron chi connectivity index (χ2n) is 3.05. The van der Waals surface area contributed by atoms with E-state index in [-0.39, 0.29) is 0 Å². The van der Waals surface area contributed by atoms with E-state index in [1.165, 1.54) is 6.42 Å². The second kappa shape index (κ2) is 5.52. The van der Waals surface area contributed by atoms with Gasteiger partial charge in [0.2, 0.25) is 0 Å². The molecule has 0 nitrogen and oxygen atoms in total. The predicted octanol–water partition coefficient (Wildman–Crippen LogP) is 3.45. The fourth-order valence-electron chi connectivity index (χ4n) is 0.868. The van der Waals surface area contributed by atoms with Gasteiger partial charge in [-0.3, -0.25) is 0 Å². The predicted molar refractivity (Wildman–Crippen MR) is 47.7 cm³/mol. The van der Waals surface area contributed by atoms with E-state index in [4.69, 9.17) is 0 Å². The Labute approximate surface area is 65.3 Å². The standard InChI is InChI=1S/C10H19/c1-5-7-8-10(4)9(3)6-2/h5,7,9-10H,2,6,8H2,1,3-4H3. The van der Waals surface area contributed by atoms with E-state index >= 15 is 0 Å². The largest absolute Gasteiger partial charge is 0.0917 e. The van der Waals surface area contributed by atoms with E-state index in [2.05, 4.69) is 39.8 Å². The normalized spacial score (nSPS) is 17.6. The Balaban J connectivity index is 3.50. The van der Waals surface area contributed by atoms with Gasteiger partial charge >= 0.3 is 0 Å². The van der Waals surface area contributed by atoms with Crippen molar-refractivity contribution >= 4 is 0 Å².